The van der Waals surface area contributed by atoms with Crippen molar-refractivity contribution in [2.45, 2.75) is 25.4 Å². The van der Waals surface area contributed by atoms with E-state index >= 15 is 0 Å². The van der Waals surface area contributed by atoms with Crippen LogP contribution in [0.4, 0.5) is 8.78 Å². The molecule has 0 aromatic rings. The molecule has 0 aromatic carbocycles. The van der Waals surface area contributed by atoms with E-state index in [1.165, 1.54) is 6.92 Å². The predicted octanol–water partition coefficient (Wildman–Crippen LogP) is 0.567. The number of nitrogens with one attached hydrogen (secondary N) is 2. The van der Waals surface area contributed by atoms with Gasteiger partial charge in [0.2, 0.25) is 0 Å². The van der Waals surface area contributed by atoms with E-state index in [1.54, 1.807) is 0 Å². The van der Waals surface area contributed by atoms with Crippen LogP contribution in [0.2, 0.25) is 0 Å². The summed E-state index contributed by atoms with van der Waals surface area (Å²) in [5, 5.41) is 17.6. The van der Waals surface area contributed by atoms with E-state index in [0.29, 0.717) is 0 Å². The number of aliphatic carboxylic acids is 1. The topological polar surface area (TPSA) is 99.2 Å². The molecule has 2 unspecified atom stereocenters. The average Bonchev–Trinajstić information content (AvgIpc) is 2.24. The van der Waals surface area contributed by atoms with E-state index in [9.17, 15) is 13.6 Å². The quantitative estimate of drug-likeness (QED) is 0.485. The third-order valence-corrected chi connectivity index (χ3v) is 1.88. The van der Waals surface area contributed by atoms with Gasteiger partial charge in [-0.1, -0.05) is 0 Å². The molecular weight excluding hydrogens is 220 g/mol. The lowest BCUT2D eigenvalue weighted by Gasteiger charge is -2.12. The van der Waals surface area contributed by atoms with Crippen molar-refractivity contribution in [2.75, 3.05) is 6.54 Å². The molecule has 0 spiro atoms. The SMILES string of the molecule is CC(NCC=N)/C(F)=C(/F)CC(N)C(=O)O. The Balaban J connectivity index is 4.44. The van der Waals surface area contributed by atoms with Crippen LogP contribution < -0.4 is 11.1 Å². The van der Waals surface area contributed by atoms with Gasteiger partial charge in [0.05, 0.1) is 6.04 Å². The first-order chi connectivity index (χ1) is 7.40. The normalized spacial score (nSPS) is 16.2. The van der Waals surface area contributed by atoms with Crippen molar-refractivity contribution in [3.63, 3.8) is 0 Å². The van der Waals surface area contributed by atoms with Gasteiger partial charge in [-0.15, -0.1) is 0 Å². The number of rotatable bonds is 7. The molecule has 0 aromatic heterocycles. The van der Waals surface area contributed by atoms with Gasteiger partial charge in [-0.25, -0.2) is 8.78 Å². The van der Waals surface area contributed by atoms with Gasteiger partial charge in [-0.3, -0.25) is 4.79 Å². The van der Waals surface area contributed by atoms with Crippen LogP contribution >= 0.6 is 0 Å². The Hall–Kier alpha value is -1.34. The highest BCUT2D eigenvalue weighted by Gasteiger charge is 2.19. The molecule has 0 amide bonds. The second-order valence-electron chi connectivity index (χ2n) is 3.24. The lowest BCUT2D eigenvalue weighted by atomic mass is 10.1. The first kappa shape index (κ1) is 14.7. The van der Waals surface area contributed by atoms with Crippen molar-refractivity contribution in [1.29, 1.82) is 5.41 Å². The summed E-state index contributed by atoms with van der Waals surface area (Å²) in [5.41, 5.74) is 5.06. The van der Waals surface area contributed by atoms with Crippen molar-refractivity contribution < 1.29 is 18.7 Å². The molecule has 0 heterocycles. The number of hydrogen-bond acceptors (Lipinski definition) is 4. The van der Waals surface area contributed by atoms with Crippen LogP contribution in [0.5, 0.6) is 0 Å². The Morgan fingerprint density at radius 2 is 2.19 bits per heavy atom. The second-order valence-corrected chi connectivity index (χ2v) is 3.24. The van der Waals surface area contributed by atoms with Crippen molar-refractivity contribution in [2.24, 2.45) is 5.73 Å². The van der Waals surface area contributed by atoms with E-state index in [1.807, 2.05) is 0 Å². The minimum absolute atomic E-state index is 0.104. The molecule has 0 saturated carbocycles. The zero-order valence-corrected chi connectivity index (χ0v) is 8.84. The first-order valence-corrected chi connectivity index (χ1v) is 4.64. The van der Waals surface area contributed by atoms with E-state index in [2.05, 4.69) is 5.32 Å². The van der Waals surface area contributed by atoms with Crippen molar-refractivity contribution in [3.05, 3.63) is 11.7 Å². The van der Waals surface area contributed by atoms with Crippen LogP contribution in [-0.2, 0) is 4.79 Å². The summed E-state index contributed by atoms with van der Waals surface area (Å²) in [6.45, 7) is 1.47. The Morgan fingerprint density at radius 1 is 1.62 bits per heavy atom. The van der Waals surface area contributed by atoms with Gasteiger partial charge < -0.3 is 21.6 Å². The van der Waals surface area contributed by atoms with Crippen molar-refractivity contribution >= 4 is 12.2 Å². The van der Waals surface area contributed by atoms with Crippen LogP contribution in [0.1, 0.15) is 13.3 Å². The highest BCUT2D eigenvalue weighted by atomic mass is 19.2. The third kappa shape index (κ3) is 4.94. The maximum atomic E-state index is 13.3. The van der Waals surface area contributed by atoms with Gasteiger partial charge in [-0.05, 0) is 6.92 Å². The number of carboxylic acid groups (broad SMARTS) is 1. The minimum atomic E-state index is -1.46. The molecule has 0 radical (unpaired) electrons. The largest absolute Gasteiger partial charge is 0.480 e. The fourth-order valence-electron chi connectivity index (χ4n) is 0.938. The summed E-state index contributed by atoms with van der Waals surface area (Å²) < 4.78 is 26.4. The molecule has 0 fully saturated rings. The molecule has 7 heteroatoms. The number of carbonyl (C=O) groups is 1. The van der Waals surface area contributed by atoms with Gasteiger partial charge in [0.15, 0.2) is 0 Å². The smallest absolute Gasteiger partial charge is 0.320 e. The summed E-state index contributed by atoms with van der Waals surface area (Å²) in [7, 11) is 0. The van der Waals surface area contributed by atoms with Crippen LogP contribution in [0.3, 0.4) is 0 Å². The van der Waals surface area contributed by atoms with Crippen LogP contribution in [0.25, 0.3) is 0 Å². The molecule has 2 atom stereocenters. The number of hydrogen-bond donors (Lipinski definition) is 4. The molecule has 0 bridgehead atoms. The number of carboxylic acids is 1. The van der Waals surface area contributed by atoms with E-state index in [-0.39, 0.29) is 6.54 Å². The molecule has 5 N–H and O–H groups in total. The highest BCUT2D eigenvalue weighted by Crippen LogP contribution is 2.16. The van der Waals surface area contributed by atoms with Gasteiger partial charge in [0.1, 0.15) is 17.7 Å². The Morgan fingerprint density at radius 3 is 2.62 bits per heavy atom. The summed E-state index contributed by atoms with van der Waals surface area (Å²) in [5.74, 6) is -3.65. The van der Waals surface area contributed by atoms with E-state index in [0.717, 1.165) is 6.21 Å². The molecule has 0 aliphatic carbocycles. The van der Waals surface area contributed by atoms with Crippen molar-refractivity contribution in [3.8, 4) is 0 Å². The minimum Gasteiger partial charge on any atom is -0.480 e. The second kappa shape index (κ2) is 7.02. The molecule has 0 aliphatic heterocycles. The Labute approximate surface area is 91.8 Å². The first-order valence-electron chi connectivity index (χ1n) is 4.64. The van der Waals surface area contributed by atoms with Gasteiger partial charge >= 0.3 is 5.97 Å². The predicted molar refractivity (Wildman–Crippen MR) is 55.7 cm³/mol. The maximum Gasteiger partial charge on any atom is 0.320 e. The standard InChI is InChI=1S/C9H15F2N3O2/c1-5(14-3-2-12)8(11)6(10)4-7(13)9(15)16/h2,5,7,12,14H,3-4,13H2,1H3,(H,15,16)/b8-6-,12-2?. The van der Waals surface area contributed by atoms with E-state index < -0.39 is 36.1 Å². The summed E-state index contributed by atoms with van der Waals surface area (Å²) >= 11 is 0. The van der Waals surface area contributed by atoms with Gasteiger partial charge in [0.25, 0.3) is 0 Å². The van der Waals surface area contributed by atoms with Gasteiger partial charge in [0, 0.05) is 19.2 Å². The Kier molecular flexibility index (Phi) is 6.43. The zero-order valence-electron chi connectivity index (χ0n) is 8.84. The zero-order chi connectivity index (χ0) is 12.7. The monoisotopic (exact) mass is 235 g/mol. The average molecular weight is 235 g/mol. The summed E-state index contributed by atoms with van der Waals surface area (Å²) in [4.78, 5) is 10.3. The molecule has 16 heavy (non-hydrogen) atoms. The number of halogens is 2. The molecule has 5 nitrogen and oxygen atoms in total. The lowest BCUT2D eigenvalue weighted by Crippen LogP contribution is -2.32. The van der Waals surface area contributed by atoms with Crippen LogP contribution in [0, 0.1) is 5.41 Å². The number of nitrogens with two attached hydrogens (primary N) is 1. The molecular formula is C9H15F2N3O2. The van der Waals surface area contributed by atoms with Crippen LogP contribution in [0.15, 0.2) is 11.7 Å². The highest BCUT2D eigenvalue weighted by molar-refractivity contribution is 5.73. The molecule has 0 saturated heterocycles. The van der Waals surface area contributed by atoms with Crippen molar-refractivity contribution in [1.82, 2.24) is 5.32 Å². The van der Waals surface area contributed by atoms with Crippen LogP contribution in [-0.4, -0.2) is 35.9 Å². The molecule has 0 aliphatic rings. The summed E-state index contributed by atoms with van der Waals surface area (Å²) in [6, 6.07) is -2.37. The fourth-order valence-corrected chi connectivity index (χ4v) is 0.938. The van der Waals surface area contributed by atoms with E-state index in [4.69, 9.17) is 16.2 Å². The summed E-state index contributed by atoms with van der Waals surface area (Å²) in [6.07, 6.45) is 0.322. The van der Waals surface area contributed by atoms with Gasteiger partial charge in [-0.2, -0.15) is 0 Å². The lowest BCUT2D eigenvalue weighted by molar-refractivity contribution is -0.138. The third-order valence-electron chi connectivity index (χ3n) is 1.88. The molecule has 0 rings (SSSR count). The molecule has 92 valence electrons. The fraction of sp³-hybridized carbons (Fsp3) is 0.556. The maximum absolute atomic E-state index is 13.3. The Bertz CT molecular complexity index is 294.